The molecule has 2 nitrogen and oxygen atoms in total. The van der Waals surface area contributed by atoms with E-state index in [0.29, 0.717) is 5.39 Å². The third-order valence-corrected chi connectivity index (χ3v) is 1.68. The summed E-state index contributed by atoms with van der Waals surface area (Å²) in [6, 6.07) is 3.26. The molecule has 0 N–H and O–H groups in total. The van der Waals surface area contributed by atoms with Crippen LogP contribution < -0.4 is 0 Å². The van der Waals surface area contributed by atoms with Gasteiger partial charge in [0.25, 0.3) is 0 Å². The van der Waals surface area contributed by atoms with Crippen LogP contribution in [0.25, 0.3) is 11.0 Å². The summed E-state index contributed by atoms with van der Waals surface area (Å²) in [4.78, 5) is 0. The maximum Gasteiger partial charge on any atom is 0.416 e. The van der Waals surface area contributed by atoms with Gasteiger partial charge in [-0.1, -0.05) is 5.16 Å². The highest BCUT2D eigenvalue weighted by molar-refractivity contribution is 5.76. The van der Waals surface area contributed by atoms with E-state index in [9.17, 15) is 13.2 Å². The number of hydrogen-bond donors (Lipinski definition) is 0. The summed E-state index contributed by atoms with van der Waals surface area (Å²) in [7, 11) is 0. The highest BCUT2D eigenvalue weighted by Gasteiger charge is 2.30. The van der Waals surface area contributed by atoms with Crippen LogP contribution in [0.15, 0.2) is 28.9 Å². The van der Waals surface area contributed by atoms with E-state index in [-0.39, 0.29) is 5.58 Å². The van der Waals surface area contributed by atoms with Crippen molar-refractivity contribution in [2.24, 2.45) is 0 Å². The number of rotatable bonds is 0. The zero-order chi connectivity index (χ0) is 9.47. The summed E-state index contributed by atoms with van der Waals surface area (Å²) in [5.74, 6) is 0. The molecule has 0 aliphatic rings. The van der Waals surface area contributed by atoms with E-state index in [4.69, 9.17) is 0 Å². The topological polar surface area (TPSA) is 26.0 Å². The molecule has 0 bridgehead atoms. The van der Waals surface area contributed by atoms with Crippen molar-refractivity contribution in [3.05, 3.63) is 30.0 Å². The van der Waals surface area contributed by atoms with Crippen LogP contribution in [0.2, 0.25) is 0 Å². The van der Waals surface area contributed by atoms with E-state index in [1.165, 1.54) is 12.3 Å². The van der Waals surface area contributed by atoms with Crippen LogP contribution in [0.4, 0.5) is 13.2 Å². The van der Waals surface area contributed by atoms with Crippen LogP contribution in [-0.2, 0) is 6.18 Å². The Bertz CT molecular complexity index is 432. The van der Waals surface area contributed by atoms with Crippen LogP contribution in [0.1, 0.15) is 5.56 Å². The molecule has 1 heterocycles. The van der Waals surface area contributed by atoms with Crippen molar-refractivity contribution in [3.63, 3.8) is 0 Å². The summed E-state index contributed by atoms with van der Waals surface area (Å²) >= 11 is 0. The lowest BCUT2D eigenvalue weighted by atomic mass is 10.2. The van der Waals surface area contributed by atoms with Gasteiger partial charge >= 0.3 is 6.18 Å². The largest absolute Gasteiger partial charge is 0.416 e. The van der Waals surface area contributed by atoms with Gasteiger partial charge in [-0.3, -0.25) is 0 Å². The molecule has 2 aromatic rings. The van der Waals surface area contributed by atoms with Crippen LogP contribution in [0.5, 0.6) is 0 Å². The molecule has 5 heteroatoms. The summed E-state index contributed by atoms with van der Waals surface area (Å²) in [6.45, 7) is 0. The Morgan fingerprint density at radius 2 is 2.00 bits per heavy atom. The predicted octanol–water partition coefficient (Wildman–Crippen LogP) is 2.85. The molecular formula is C8H4F3NO. The number of fused-ring (bicyclic) bond motifs is 1. The molecule has 0 saturated carbocycles. The molecule has 13 heavy (non-hydrogen) atoms. The smallest absolute Gasteiger partial charge is 0.356 e. The van der Waals surface area contributed by atoms with Crippen molar-refractivity contribution < 1.29 is 17.7 Å². The van der Waals surface area contributed by atoms with Crippen molar-refractivity contribution >= 4 is 11.0 Å². The van der Waals surface area contributed by atoms with E-state index in [1.807, 2.05) is 0 Å². The van der Waals surface area contributed by atoms with Crippen molar-refractivity contribution in [3.8, 4) is 0 Å². The molecule has 0 unspecified atom stereocenters. The average molecular weight is 187 g/mol. The van der Waals surface area contributed by atoms with Gasteiger partial charge in [-0.05, 0) is 18.2 Å². The van der Waals surface area contributed by atoms with Crippen LogP contribution in [-0.4, -0.2) is 5.16 Å². The third kappa shape index (κ3) is 1.37. The zero-order valence-electron chi connectivity index (χ0n) is 6.30. The Kier molecular flexibility index (Phi) is 1.55. The Morgan fingerprint density at radius 1 is 1.23 bits per heavy atom. The number of nitrogens with zero attached hydrogens (tertiary/aromatic N) is 1. The van der Waals surface area contributed by atoms with Crippen molar-refractivity contribution in [1.82, 2.24) is 5.16 Å². The molecule has 1 aromatic carbocycles. The first-order chi connectivity index (χ1) is 6.07. The van der Waals surface area contributed by atoms with Crippen LogP contribution in [0.3, 0.4) is 0 Å². The quantitative estimate of drug-likeness (QED) is 0.633. The minimum atomic E-state index is -4.33. The van der Waals surface area contributed by atoms with Crippen molar-refractivity contribution in [2.45, 2.75) is 6.18 Å². The molecule has 0 radical (unpaired) electrons. The lowest BCUT2D eigenvalue weighted by Crippen LogP contribution is -2.03. The zero-order valence-corrected chi connectivity index (χ0v) is 6.30. The van der Waals surface area contributed by atoms with Gasteiger partial charge in [-0.25, -0.2) is 0 Å². The summed E-state index contributed by atoms with van der Waals surface area (Å²) < 4.78 is 41.1. The van der Waals surface area contributed by atoms with Gasteiger partial charge < -0.3 is 4.52 Å². The fourth-order valence-corrected chi connectivity index (χ4v) is 1.04. The highest BCUT2D eigenvalue weighted by atomic mass is 19.4. The number of alkyl halides is 3. The predicted molar refractivity (Wildman–Crippen MR) is 39.0 cm³/mol. The second-order valence-corrected chi connectivity index (χ2v) is 2.58. The van der Waals surface area contributed by atoms with Gasteiger partial charge in [0.2, 0.25) is 0 Å². The van der Waals surface area contributed by atoms with Crippen LogP contribution in [0, 0.1) is 0 Å². The standard InChI is InChI=1S/C8H4F3NO/c9-8(10,11)6-2-1-5-4-12-13-7(5)3-6/h1-4H. The average Bonchev–Trinajstić information content (AvgIpc) is 2.47. The molecule has 0 atom stereocenters. The second kappa shape index (κ2) is 2.48. The van der Waals surface area contributed by atoms with Gasteiger partial charge in [0.05, 0.1) is 11.8 Å². The van der Waals surface area contributed by atoms with Crippen molar-refractivity contribution in [2.75, 3.05) is 0 Å². The Hall–Kier alpha value is -1.52. The minimum Gasteiger partial charge on any atom is -0.356 e. The molecule has 0 amide bonds. The summed E-state index contributed by atoms with van der Waals surface area (Å²) in [5, 5.41) is 3.95. The lowest BCUT2D eigenvalue weighted by Gasteiger charge is -2.04. The lowest BCUT2D eigenvalue weighted by molar-refractivity contribution is -0.137. The van der Waals surface area contributed by atoms with Gasteiger partial charge in [0.15, 0.2) is 5.58 Å². The van der Waals surface area contributed by atoms with Crippen LogP contribution >= 0.6 is 0 Å². The van der Waals surface area contributed by atoms with E-state index >= 15 is 0 Å². The summed E-state index contributed by atoms with van der Waals surface area (Å²) in [6.07, 6.45) is -2.96. The number of benzene rings is 1. The first-order valence-corrected chi connectivity index (χ1v) is 3.49. The molecule has 0 saturated heterocycles. The Labute approximate surface area is 70.9 Å². The molecule has 0 fully saturated rings. The Morgan fingerprint density at radius 3 is 2.69 bits per heavy atom. The molecule has 1 aromatic heterocycles. The maximum absolute atomic E-state index is 12.2. The second-order valence-electron chi connectivity index (χ2n) is 2.58. The Balaban J connectivity index is 2.61. The van der Waals surface area contributed by atoms with E-state index in [1.54, 1.807) is 0 Å². The SMILES string of the molecule is FC(F)(F)c1ccc2cnoc2c1. The molecule has 0 aliphatic carbocycles. The van der Waals surface area contributed by atoms with Gasteiger partial charge in [-0.2, -0.15) is 13.2 Å². The molecule has 2 rings (SSSR count). The minimum absolute atomic E-state index is 0.148. The fraction of sp³-hybridized carbons (Fsp3) is 0.125. The molecule has 68 valence electrons. The third-order valence-electron chi connectivity index (χ3n) is 1.68. The maximum atomic E-state index is 12.2. The van der Waals surface area contributed by atoms with E-state index < -0.39 is 11.7 Å². The van der Waals surface area contributed by atoms with Crippen molar-refractivity contribution in [1.29, 1.82) is 0 Å². The summed E-state index contributed by atoms with van der Waals surface area (Å²) in [5.41, 5.74) is -0.577. The molecule has 0 aliphatic heterocycles. The molecular weight excluding hydrogens is 183 g/mol. The van der Waals surface area contributed by atoms with E-state index in [0.717, 1.165) is 12.1 Å². The first-order valence-electron chi connectivity index (χ1n) is 3.49. The number of hydrogen-bond acceptors (Lipinski definition) is 2. The van der Waals surface area contributed by atoms with Gasteiger partial charge in [0, 0.05) is 5.39 Å². The first kappa shape index (κ1) is 8.10. The van der Waals surface area contributed by atoms with E-state index in [2.05, 4.69) is 9.68 Å². The normalized spacial score (nSPS) is 12.2. The van der Waals surface area contributed by atoms with Gasteiger partial charge in [0.1, 0.15) is 0 Å². The fourth-order valence-electron chi connectivity index (χ4n) is 1.04. The highest BCUT2D eigenvalue weighted by Crippen LogP contribution is 2.31. The molecule has 0 spiro atoms. The van der Waals surface area contributed by atoms with Gasteiger partial charge in [-0.15, -0.1) is 0 Å². The monoisotopic (exact) mass is 187 g/mol. The number of aromatic nitrogens is 1. The number of halogens is 3.